The van der Waals surface area contributed by atoms with Crippen LogP contribution in [0.4, 0.5) is 0 Å². The fraction of sp³-hybridized carbons (Fsp3) is 0.647. The van der Waals surface area contributed by atoms with Gasteiger partial charge >= 0.3 is 0 Å². The van der Waals surface area contributed by atoms with Gasteiger partial charge in [0.05, 0.1) is 0 Å². The molecular formula is C17H27N. The van der Waals surface area contributed by atoms with Crippen LogP contribution in [-0.4, -0.2) is 7.05 Å². The van der Waals surface area contributed by atoms with E-state index in [0.29, 0.717) is 6.04 Å². The predicted molar refractivity (Wildman–Crippen MR) is 78.9 cm³/mol. The van der Waals surface area contributed by atoms with Crippen molar-refractivity contribution >= 4 is 0 Å². The molecule has 18 heavy (non-hydrogen) atoms. The van der Waals surface area contributed by atoms with Crippen molar-refractivity contribution in [3.63, 3.8) is 0 Å². The van der Waals surface area contributed by atoms with Crippen LogP contribution in [-0.2, 0) is 0 Å². The summed E-state index contributed by atoms with van der Waals surface area (Å²) in [5, 5.41) is 3.56. The third-order valence-electron chi connectivity index (χ3n) is 4.71. The predicted octanol–water partition coefficient (Wildman–Crippen LogP) is 4.65. The molecule has 0 saturated heterocycles. The Hall–Kier alpha value is -0.820. The third kappa shape index (κ3) is 2.61. The van der Waals surface area contributed by atoms with Gasteiger partial charge in [0.15, 0.2) is 0 Å². The maximum absolute atomic E-state index is 3.56. The Balaban J connectivity index is 2.29. The molecule has 100 valence electrons. The molecule has 0 heterocycles. The standard InChI is InChI=1S/C17H27N/c1-4-13(5-2)17(18-3)16-12-7-6-11-15(16)14-9-8-10-14/h6-7,11-14,17-18H,4-5,8-10H2,1-3H3. The van der Waals surface area contributed by atoms with E-state index in [-0.39, 0.29) is 0 Å². The molecule has 1 aliphatic rings. The SMILES string of the molecule is CCC(CC)C(NC)c1ccccc1C1CCC1. The molecule has 0 radical (unpaired) electrons. The molecule has 0 bridgehead atoms. The Labute approximate surface area is 112 Å². The number of hydrogen-bond acceptors (Lipinski definition) is 1. The van der Waals surface area contributed by atoms with E-state index >= 15 is 0 Å². The minimum atomic E-state index is 0.525. The van der Waals surface area contributed by atoms with Gasteiger partial charge < -0.3 is 5.32 Å². The molecule has 1 fully saturated rings. The number of hydrogen-bond donors (Lipinski definition) is 1. The highest BCUT2D eigenvalue weighted by Gasteiger charge is 2.26. The minimum Gasteiger partial charge on any atom is -0.313 e. The first-order valence-corrected chi connectivity index (χ1v) is 7.57. The molecule has 1 heteroatoms. The van der Waals surface area contributed by atoms with Crippen molar-refractivity contribution in [3.05, 3.63) is 35.4 Å². The molecule has 1 aliphatic carbocycles. The molecule has 1 N–H and O–H groups in total. The maximum atomic E-state index is 3.56. The Morgan fingerprint density at radius 2 is 1.83 bits per heavy atom. The van der Waals surface area contributed by atoms with Crippen molar-refractivity contribution in [1.29, 1.82) is 0 Å². The fourth-order valence-electron chi connectivity index (χ4n) is 3.29. The van der Waals surface area contributed by atoms with E-state index in [9.17, 15) is 0 Å². The second-order valence-electron chi connectivity index (χ2n) is 5.60. The second kappa shape index (κ2) is 6.38. The largest absolute Gasteiger partial charge is 0.313 e. The monoisotopic (exact) mass is 245 g/mol. The highest BCUT2D eigenvalue weighted by molar-refractivity contribution is 5.34. The van der Waals surface area contributed by atoms with Crippen LogP contribution >= 0.6 is 0 Å². The van der Waals surface area contributed by atoms with Crippen molar-refractivity contribution in [2.45, 2.75) is 57.9 Å². The average molecular weight is 245 g/mol. The summed E-state index contributed by atoms with van der Waals surface area (Å²) < 4.78 is 0. The highest BCUT2D eigenvalue weighted by atomic mass is 14.9. The van der Waals surface area contributed by atoms with Crippen LogP contribution in [0.2, 0.25) is 0 Å². The van der Waals surface area contributed by atoms with Gasteiger partial charge in [0.1, 0.15) is 0 Å². The van der Waals surface area contributed by atoms with E-state index in [1.165, 1.54) is 32.1 Å². The number of rotatable bonds is 6. The number of benzene rings is 1. The molecule has 2 rings (SSSR count). The van der Waals surface area contributed by atoms with Crippen LogP contribution < -0.4 is 5.32 Å². The Morgan fingerprint density at radius 1 is 1.17 bits per heavy atom. The Kier molecular flexibility index (Phi) is 4.82. The molecule has 1 nitrogen and oxygen atoms in total. The zero-order valence-corrected chi connectivity index (χ0v) is 12.1. The van der Waals surface area contributed by atoms with E-state index in [1.54, 1.807) is 11.1 Å². The van der Waals surface area contributed by atoms with Gasteiger partial charge in [-0.2, -0.15) is 0 Å². The number of nitrogens with one attached hydrogen (secondary N) is 1. The summed E-state index contributed by atoms with van der Waals surface area (Å²) in [6, 6.07) is 9.62. The fourth-order valence-corrected chi connectivity index (χ4v) is 3.29. The molecule has 1 unspecified atom stereocenters. The highest BCUT2D eigenvalue weighted by Crippen LogP contribution is 2.41. The smallest absolute Gasteiger partial charge is 0.0348 e. The molecule has 0 aromatic heterocycles. The Morgan fingerprint density at radius 3 is 2.33 bits per heavy atom. The molecule has 0 aliphatic heterocycles. The quantitative estimate of drug-likeness (QED) is 0.769. The summed E-state index contributed by atoms with van der Waals surface area (Å²) in [6.45, 7) is 4.62. The van der Waals surface area contributed by atoms with E-state index < -0.39 is 0 Å². The van der Waals surface area contributed by atoms with Crippen LogP contribution in [0.15, 0.2) is 24.3 Å². The first-order chi connectivity index (χ1) is 8.81. The molecule has 1 aromatic carbocycles. The zero-order chi connectivity index (χ0) is 13.0. The van der Waals surface area contributed by atoms with Gasteiger partial charge in [-0.05, 0) is 42.9 Å². The van der Waals surface area contributed by atoms with Crippen molar-refractivity contribution in [3.8, 4) is 0 Å². The first-order valence-electron chi connectivity index (χ1n) is 7.57. The molecule has 0 amide bonds. The van der Waals surface area contributed by atoms with Gasteiger partial charge in [-0.1, -0.05) is 57.4 Å². The van der Waals surface area contributed by atoms with E-state index in [2.05, 4.69) is 50.5 Å². The van der Waals surface area contributed by atoms with Crippen LogP contribution in [0.3, 0.4) is 0 Å². The van der Waals surface area contributed by atoms with E-state index in [4.69, 9.17) is 0 Å². The molecule has 0 spiro atoms. The van der Waals surface area contributed by atoms with Gasteiger partial charge in [-0.3, -0.25) is 0 Å². The normalized spacial score (nSPS) is 17.8. The van der Waals surface area contributed by atoms with Crippen molar-refractivity contribution in [1.82, 2.24) is 5.32 Å². The summed E-state index contributed by atoms with van der Waals surface area (Å²) in [5.74, 6) is 1.57. The van der Waals surface area contributed by atoms with Crippen LogP contribution in [0, 0.1) is 5.92 Å². The lowest BCUT2D eigenvalue weighted by Crippen LogP contribution is -2.27. The van der Waals surface area contributed by atoms with E-state index in [0.717, 1.165) is 11.8 Å². The molecule has 1 aromatic rings. The minimum absolute atomic E-state index is 0.525. The summed E-state index contributed by atoms with van der Waals surface area (Å²) >= 11 is 0. The van der Waals surface area contributed by atoms with Gasteiger partial charge in [-0.15, -0.1) is 0 Å². The van der Waals surface area contributed by atoms with Gasteiger partial charge in [-0.25, -0.2) is 0 Å². The summed E-state index contributed by atoms with van der Waals surface area (Å²) in [4.78, 5) is 0. The van der Waals surface area contributed by atoms with Crippen molar-refractivity contribution < 1.29 is 0 Å². The van der Waals surface area contributed by atoms with E-state index in [1.807, 2.05) is 0 Å². The lowest BCUT2D eigenvalue weighted by Gasteiger charge is -2.33. The van der Waals surface area contributed by atoms with Crippen LogP contribution in [0.25, 0.3) is 0 Å². The topological polar surface area (TPSA) is 12.0 Å². The third-order valence-corrected chi connectivity index (χ3v) is 4.71. The average Bonchev–Trinajstić information content (AvgIpc) is 2.35. The van der Waals surface area contributed by atoms with Gasteiger partial charge in [0.2, 0.25) is 0 Å². The summed E-state index contributed by atoms with van der Waals surface area (Å²) in [6.07, 6.45) is 6.68. The summed E-state index contributed by atoms with van der Waals surface area (Å²) in [7, 11) is 2.11. The van der Waals surface area contributed by atoms with Crippen molar-refractivity contribution in [2.75, 3.05) is 7.05 Å². The Bertz CT molecular complexity index is 364. The molecule has 1 atom stereocenters. The zero-order valence-electron chi connectivity index (χ0n) is 12.1. The lowest BCUT2D eigenvalue weighted by atomic mass is 9.75. The lowest BCUT2D eigenvalue weighted by molar-refractivity contribution is 0.348. The van der Waals surface area contributed by atoms with Gasteiger partial charge in [0.25, 0.3) is 0 Å². The summed E-state index contributed by atoms with van der Waals surface area (Å²) in [5.41, 5.74) is 3.16. The second-order valence-corrected chi connectivity index (χ2v) is 5.60. The molecular weight excluding hydrogens is 218 g/mol. The first kappa shape index (κ1) is 13.6. The van der Waals surface area contributed by atoms with Gasteiger partial charge in [0, 0.05) is 6.04 Å². The molecule has 1 saturated carbocycles. The van der Waals surface area contributed by atoms with Crippen LogP contribution in [0.1, 0.15) is 69.0 Å². The maximum Gasteiger partial charge on any atom is 0.0348 e. The van der Waals surface area contributed by atoms with Crippen molar-refractivity contribution in [2.24, 2.45) is 5.92 Å². The van der Waals surface area contributed by atoms with Crippen LogP contribution in [0.5, 0.6) is 0 Å².